The maximum Gasteiger partial charge on any atom is 0.317 e. The van der Waals surface area contributed by atoms with E-state index in [2.05, 4.69) is 37.9 Å². The molecule has 1 saturated heterocycles. The van der Waals surface area contributed by atoms with Crippen molar-refractivity contribution in [3.63, 3.8) is 0 Å². The highest BCUT2D eigenvalue weighted by atomic mass is 16.2. The van der Waals surface area contributed by atoms with Crippen LogP contribution in [0.3, 0.4) is 0 Å². The molecular weight excluding hydrogens is 262 g/mol. The Bertz CT molecular complexity index is 321. The number of amides is 2. The highest BCUT2D eigenvalue weighted by molar-refractivity contribution is 5.75. The van der Waals surface area contributed by atoms with Crippen LogP contribution in [0.2, 0.25) is 0 Å². The Morgan fingerprint density at radius 3 is 2.10 bits per heavy atom. The van der Waals surface area contributed by atoms with Gasteiger partial charge in [-0.25, -0.2) is 4.79 Å². The molecule has 0 spiro atoms. The van der Waals surface area contributed by atoms with Crippen LogP contribution in [0, 0.1) is 11.8 Å². The van der Waals surface area contributed by atoms with Crippen molar-refractivity contribution >= 4 is 6.03 Å². The van der Waals surface area contributed by atoms with Crippen LogP contribution in [0.25, 0.3) is 0 Å². The van der Waals surface area contributed by atoms with Crippen LogP contribution in [0.1, 0.15) is 53.4 Å². The van der Waals surface area contributed by atoms with E-state index in [9.17, 15) is 4.79 Å². The zero-order valence-corrected chi connectivity index (χ0v) is 14.3. The van der Waals surface area contributed by atoms with Gasteiger partial charge in [-0.2, -0.15) is 0 Å². The third kappa shape index (κ3) is 4.87. The second-order valence-corrected chi connectivity index (χ2v) is 7.73. The van der Waals surface area contributed by atoms with Crippen molar-refractivity contribution in [1.29, 1.82) is 0 Å². The predicted octanol–water partition coefficient (Wildman–Crippen LogP) is 2.94. The Morgan fingerprint density at radius 2 is 1.62 bits per heavy atom. The Morgan fingerprint density at radius 1 is 1.10 bits per heavy atom. The summed E-state index contributed by atoms with van der Waals surface area (Å²) in [5, 5.41) is 3.19. The number of likely N-dealkylation sites (tertiary alicyclic amines) is 1. The number of rotatable bonds is 6. The Balaban J connectivity index is 1.75. The molecule has 122 valence electrons. The molecule has 1 aliphatic carbocycles. The molecule has 0 atom stereocenters. The maximum atomic E-state index is 12.2. The van der Waals surface area contributed by atoms with Gasteiger partial charge in [0.1, 0.15) is 0 Å². The summed E-state index contributed by atoms with van der Waals surface area (Å²) in [4.78, 5) is 16.8. The monoisotopic (exact) mass is 295 g/mol. The molecule has 1 N–H and O–H groups in total. The summed E-state index contributed by atoms with van der Waals surface area (Å²) in [7, 11) is 0. The highest BCUT2D eigenvalue weighted by Crippen LogP contribution is 2.21. The van der Waals surface area contributed by atoms with E-state index in [4.69, 9.17) is 0 Å². The molecule has 0 aromatic heterocycles. The van der Waals surface area contributed by atoms with Gasteiger partial charge in [0.25, 0.3) is 0 Å². The second kappa shape index (κ2) is 7.48. The predicted molar refractivity (Wildman–Crippen MR) is 87.4 cm³/mol. The molecule has 21 heavy (non-hydrogen) atoms. The number of carbonyl (C=O) groups excluding carboxylic acids is 1. The molecule has 4 nitrogen and oxygen atoms in total. The lowest BCUT2D eigenvalue weighted by Crippen LogP contribution is -2.64. The molecule has 0 unspecified atom stereocenters. The fourth-order valence-corrected chi connectivity index (χ4v) is 3.50. The van der Waals surface area contributed by atoms with Gasteiger partial charge in [0.05, 0.1) is 0 Å². The van der Waals surface area contributed by atoms with Gasteiger partial charge in [0, 0.05) is 38.3 Å². The highest BCUT2D eigenvalue weighted by Gasteiger charge is 2.35. The van der Waals surface area contributed by atoms with Crippen molar-refractivity contribution < 1.29 is 4.79 Å². The van der Waals surface area contributed by atoms with Crippen LogP contribution in [0.4, 0.5) is 4.79 Å². The molecule has 2 amide bonds. The molecular formula is C17H33N3O. The molecule has 0 aromatic carbocycles. The number of carbonyl (C=O) groups is 1. The van der Waals surface area contributed by atoms with E-state index in [0.29, 0.717) is 23.9 Å². The smallest absolute Gasteiger partial charge is 0.317 e. The van der Waals surface area contributed by atoms with Gasteiger partial charge < -0.3 is 10.2 Å². The minimum Gasteiger partial charge on any atom is -0.335 e. The first kappa shape index (κ1) is 16.6. The van der Waals surface area contributed by atoms with E-state index in [1.807, 2.05) is 4.90 Å². The molecule has 2 rings (SSSR count). The van der Waals surface area contributed by atoms with Crippen LogP contribution < -0.4 is 5.32 Å². The zero-order valence-electron chi connectivity index (χ0n) is 14.3. The maximum absolute atomic E-state index is 12.2. The summed E-state index contributed by atoms with van der Waals surface area (Å²) >= 11 is 0. The van der Waals surface area contributed by atoms with E-state index < -0.39 is 0 Å². The van der Waals surface area contributed by atoms with Crippen molar-refractivity contribution in [2.75, 3.05) is 26.2 Å². The van der Waals surface area contributed by atoms with Crippen molar-refractivity contribution in [3.05, 3.63) is 0 Å². The molecule has 1 saturated carbocycles. The lowest BCUT2D eigenvalue weighted by atomic mass is 10.0. The number of hydrogen-bond donors (Lipinski definition) is 1. The molecule has 1 aliphatic heterocycles. The van der Waals surface area contributed by atoms with Crippen molar-refractivity contribution in [2.45, 2.75) is 65.5 Å². The van der Waals surface area contributed by atoms with Gasteiger partial charge in [-0.1, -0.05) is 40.5 Å². The average Bonchev–Trinajstić information content (AvgIpc) is 2.77. The molecule has 1 heterocycles. The van der Waals surface area contributed by atoms with E-state index in [0.717, 1.165) is 39.0 Å². The Kier molecular flexibility index (Phi) is 5.91. The lowest BCUT2D eigenvalue weighted by molar-refractivity contribution is 0.0416. The van der Waals surface area contributed by atoms with Crippen LogP contribution in [0.5, 0.6) is 0 Å². The van der Waals surface area contributed by atoms with Crippen LogP contribution in [-0.4, -0.2) is 54.1 Å². The topological polar surface area (TPSA) is 35.6 Å². The first-order chi connectivity index (χ1) is 9.95. The van der Waals surface area contributed by atoms with E-state index in [1.165, 1.54) is 12.8 Å². The third-order valence-electron chi connectivity index (χ3n) is 4.55. The zero-order chi connectivity index (χ0) is 15.4. The number of urea groups is 1. The summed E-state index contributed by atoms with van der Waals surface area (Å²) in [6.45, 7) is 13.2. The van der Waals surface area contributed by atoms with Crippen molar-refractivity contribution in [3.8, 4) is 0 Å². The second-order valence-electron chi connectivity index (χ2n) is 7.73. The number of nitrogens with one attached hydrogen (secondary N) is 1. The van der Waals surface area contributed by atoms with E-state index in [-0.39, 0.29) is 6.03 Å². The summed E-state index contributed by atoms with van der Waals surface area (Å²) in [6.07, 6.45) is 4.86. The largest absolute Gasteiger partial charge is 0.335 e. The average molecular weight is 295 g/mol. The van der Waals surface area contributed by atoms with E-state index in [1.54, 1.807) is 0 Å². The van der Waals surface area contributed by atoms with Crippen LogP contribution in [0.15, 0.2) is 0 Å². The normalized spacial score (nSPS) is 20.6. The molecule has 0 bridgehead atoms. The molecule has 4 heteroatoms. The number of nitrogens with zero attached hydrogens (tertiary/aromatic N) is 2. The van der Waals surface area contributed by atoms with Gasteiger partial charge in [0.15, 0.2) is 0 Å². The van der Waals surface area contributed by atoms with Gasteiger partial charge in [-0.15, -0.1) is 0 Å². The minimum atomic E-state index is 0.159. The fraction of sp³-hybridized carbons (Fsp3) is 0.941. The third-order valence-corrected chi connectivity index (χ3v) is 4.55. The first-order valence-electron chi connectivity index (χ1n) is 8.75. The molecule has 0 radical (unpaired) electrons. The quantitative estimate of drug-likeness (QED) is 0.818. The summed E-state index contributed by atoms with van der Waals surface area (Å²) in [5.41, 5.74) is 0. The minimum absolute atomic E-state index is 0.159. The summed E-state index contributed by atoms with van der Waals surface area (Å²) < 4.78 is 0. The Labute approximate surface area is 130 Å². The SMILES string of the molecule is CC(C)CN(CC(C)C)C1CN(C(=O)NC2CCCC2)C1. The Hall–Kier alpha value is -0.770. The van der Waals surface area contributed by atoms with Gasteiger partial charge in [0.2, 0.25) is 0 Å². The fourth-order valence-electron chi connectivity index (χ4n) is 3.50. The summed E-state index contributed by atoms with van der Waals surface area (Å²) in [6, 6.07) is 1.15. The molecule has 2 fully saturated rings. The molecule has 0 aromatic rings. The lowest BCUT2D eigenvalue weighted by Gasteiger charge is -2.46. The standard InChI is InChI=1S/C17H33N3O/c1-13(2)9-19(10-14(3)4)16-11-20(12-16)17(21)18-15-7-5-6-8-15/h13-16H,5-12H2,1-4H3,(H,18,21). The summed E-state index contributed by atoms with van der Waals surface area (Å²) in [5.74, 6) is 1.37. The van der Waals surface area contributed by atoms with Crippen molar-refractivity contribution in [2.24, 2.45) is 11.8 Å². The van der Waals surface area contributed by atoms with Gasteiger partial charge >= 0.3 is 6.03 Å². The van der Waals surface area contributed by atoms with Crippen molar-refractivity contribution in [1.82, 2.24) is 15.1 Å². The molecule has 2 aliphatic rings. The van der Waals surface area contributed by atoms with Crippen LogP contribution in [-0.2, 0) is 0 Å². The van der Waals surface area contributed by atoms with Gasteiger partial charge in [-0.3, -0.25) is 4.90 Å². The number of hydrogen-bond acceptors (Lipinski definition) is 2. The van der Waals surface area contributed by atoms with Crippen LogP contribution >= 0.6 is 0 Å². The van der Waals surface area contributed by atoms with E-state index >= 15 is 0 Å². The van der Waals surface area contributed by atoms with Gasteiger partial charge in [-0.05, 0) is 24.7 Å². The first-order valence-corrected chi connectivity index (χ1v) is 8.75.